The number of nitrogens with zero attached hydrogens (tertiary/aromatic N) is 1. The van der Waals surface area contributed by atoms with Gasteiger partial charge >= 0.3 is 5.97 Å². The van der Waals surface area contributed by atoms with Gasteiger partial charge in [0.15, 0.2) is 17.8 Å². The summed E-state index contributed by atoms with van der Waals surface area (Å²) in [5, 5.41) is 20.4. The predicted octanol–water partition coefficient (Wildman–Crippen LogP) is 0.429. The molecule has 0 saturated carbocycles. The summed E-state index contributed by atoms with van der Waals surface area (Å²) in [5.41, 5.74) is 5.79. The molecule has 0 aromatic heterocycles. The Kier molecular flexibility index (Phi) is 6.15. The van der Waals surface area contributed by atoms with Gasteiger partial charge in [-0.2, -0.15) is 0 Å². The number of hydrogen-bond acceptors (Lipinski definition) is 7. The van der Waals surface area contributed by atoms with Crippen LogP contribution in [0, 0.1) is 5.41 Å². The Morgan fingerprint density at radius 3 is 2.71 bits per heavy atom. The largest absolute Gasteiger partial charge is 0.484 e. The van der Waals surface area contributed by atoms with E-state index in [2.05, 4.69) is 5.32 Å². The number of fused-ring (bicyclic) bond motifs is 1. The first-order chi connectivity index (χ1) is 13.4. The van der Waals surface area contributed by atoms with Crippen molar-refractivity contribution in [3.05, 3.63) is 41.3 Å². The summed E-state index contributed by atoms with van der Waals surface area (Å²) >= 11 is 2.26. The molecule has 1 aromatic rings. The Hall–Kier alpha value is -2.66. The third-order valence-electron chi connectivity index (χ3n) is 4.13. The fraction of sp³-hybridized carbons (Fsp3) is 0.294. The van der Waals surface area contributed by atoms with Gasteiger partial charge in [-0.05, 0) is 23.1 Å². The number of carbonyl (C=O) groups excluding carboxylic acids is 2. The number of thioether (sulfide) groups is 2. The van der Waals surface area contributed by atoms with E-state index in [1.165, 1.54) is 16.7 Å². The van der Waals surface area contributed by atoms with Gasteiger partial charge in [0.2, 0.25) is 5.91 Å². The molecule has 1 saturated heterocycles. The van der Waals surface area contributed by atoms with Crippen molar-refractivity contribution in [1.29, 1.82) is 5.41 Å². The van der Waals surface area contributed by atoms with Crippen molar-refractivity contribution in [2.24, 2.45) is 5.73 Å². The van der Waals surface area contributed by atoms with E-state index in [0.717, 1.165) is 11.8 Å². The number of aliphatic carboxylic acids is 1. The molecule has 2 aliphatic heterocycles. The van der Waals surface area contributed by atoms with Crippen molar-refractivity contribution >= 4 is 46.5 Å². The number of ether oxygens (including phenoxy) is 1. The minimum atomic E-state index is -1.16. The molecule has 3 rings (SSSR count). The van der Waals surface area contributed by atoms with E-state index in [4.69, 9.17) is 15.9 Å². The molecule has 28 heavy (non-hydrogen) atoms. The first-order valence-corrected chi connectivity index (χ1v) is 10.1. The van der Waals surface area contributed by atoms with Crippen LogP contribution in [0.5, 0.6) is 5.75 Å². The Bertz CT molecular complexity index is 832. The molecule has 0 bridgehead atoms. The predicted molar refractivity (Wildman–Crippen MR) is 106 cm³/mol. The highest BCUT2D eigenvalue weighted by atomic mass is 32.2. The molecule has 9 nitrogen and oxygen atoms in total. The Labute approximate surface area is 169 Å². The zero-order valence-corrected chi connectivity index (χ0v) is 16.2. The summed E-state index contributed by atoms with van der Waals surface area (Å²) in [4.78, 5) is 37.5. The van der Waals surface area contributed by atoms with E-state index in [1.807, 2.05) is 6.07 Å². The van der Waals surface area contributed by atoms with E-state index in [1.54, 1.807) is 29.7 Å². The molecular formula is C17H18N4O5S2. The molecule has 148 valence electrons. The van der Waals surface area contributed by atoms with Crippen LogP contribution in [-0.2, 0) is 14.4 Å². The van der Waals surface area contributed by atoms with E-state index < -0.39 is 35.2 Å². The molecule has 11 heteroatoms. The fourth-order valence-corrected chi connectivity index (χ4v) is 4.76. The second-order valence-electron chi connectivity index (χ2n) is 6.01. The number of carbonyl (C=O) groups is 3. The number of amidine groups is 1. The quantitative estimate of drug-likeness (QED) is 0.281. The zero-order chi connectivity index (χ0) is 20.3. The third-order valence-corrected chi connectivity index (χ3v) is 6.13. The van der Waals surface area contributed by atoms with Gasteiger partial charge in [-0.1, -0.05) is 30.0 Å². The first-order valence-electron chi connectivity index (χ1n) is 8.22. The number of para-hydroxylation sites is 1. The van der Waals surface area contributed by atoms with Crippen LogP contribution in [0.4, 0.5) is 0 Å². The molecule has 0 aliphatic carbocycles. The Balaban J connectivity index is 1.61. The van der Waals surface area contributed by atoms with Crippen LogP contribution in [0.3, 0.4) is 0 Å². The Morgan fingerprint density at radius 1 is 1.36 bits per heavy atom. The highest BCUT2D eigenvalue weighted by molar-refractivity contribution is 8.13. The number of carboxylic acids is 1. The average Bonchev–Trinajstić information content (AvgIpc) is 2.68. The van der Waals surface area contributed by atoms with E-state index >= 15 is 0 Å². The van der Waals surface area contributed by atoms with E-state index in [0.29, 0.717) is 11.3 Å². The maximum Gasteiger partial charge on any atom is 0.330 e. The van der Waals surface area contributed by atoms with Crippen molar-refractivity contribution in [3.63, 3.8) is 0 Å². The highest BCUT2D eigenvalue weighted by Gasteiger charge is 2.55. The number of rotatable bonds is 7. The highest BCUT2D eigenvalue weighted by Crippen LogP contribution is 2.40. The van der Waals surface area contributed by atoms with Gasteiger partial charge in [0.1, 0.15) is 17.2 Å². The number of hydrogen-bond donors (Lipinski definition) is 4. The Morgan fingerprint density at radius 2 is 2.07 bits per heavy atom. The minimum Gasteiger partial charge on any atom is -0.484 e. The zero-order valence-electron chi connectivity index (χ0n) is 14.5. The molecule has 5 N–H and O–H groups in total. The van der Waals surface area contributed by atoms with Gasteiger partial charge in [-0.15, -0.1) is 11.8 Å². The summed E-state index contributed by atoms with van der Waals surface area (Å²) in [7, 11) is 0. The van der Waals surface area contributed by atoms with Gasteiger partial charge in [0, 0.05) is 5.75 Å². The first kappa shape index (κ1) is 20.1. The number of nitrogens with one attached hydrogen (secondary N) is 2. The SMILES string of the molecule is N=C(N)SCC1=CS[C@H]2C(NC(=O)COc3ccccc3)C(=O)N2C1C(=O)O. The lowest BCUT2D eigenvalue weighted by molar-refractivity contribution is -0.160. The smallest absolute Gasteiger partial charge is 0.330 e. The van der Waals surface area contributed by atoms with Gasteiger partial charge < -0.3 is 25.8 Å². The van der Waals surface area contributed by atoms with E-state index in [9.17, 15) is 19.5 Å². The van der Waals surface area contributed by atoms with Crippen molar-refractivity contribution in [3.8, 4) is 5.75 Å². The molecule has 3 atom stereocenters. The summed E-state index contributed by atoms with van der Waals surface area (Å²) in [6, 6.07) is 6.87. The molecule has 0 spiro atoms. The maximum absolute atomic E-state index is 12.5. The van der Waals surface area contributed by atoms with Crippen LogP contribution in [-0.4, -0.2) is 62.8 Å². The number of nitrogens with two attached hydrogens (primary N) is 1. The van der Waals surface area contributed by atoms with Crippen LogP contribution < -0.4 is 15.8 Å². The van der Waals surface area contributed by atoms with E-state index in [-0.39, 0.29) is 17.5 Å². The minimum absolute atomic E-state index is 0.129. The number of amides is 2. The summed E-state index contributed by atoms with van der Waals surface area (Å²) in [5.74, 6) is -1.34. The number of benzene rings is 1. The lowest BCUT2D eigenvalue weighted by Gasteiger charge is -2.51. The molecule has 1 aromatic carbocycles. The van der Waals surface area contributed by atoms with Crippen LogP contribution in [0.1, 0.15) is 0 Å². The van der Waals surface area contributed by atoms with Crippen LogP contribution in [0.2, 0.25) is 0 Å². The van der Waals surface area contributed by atoms with Gasteiger partial charge in [0.05, 0.1) is 0 Å². The van der Waals surface area contributed by atoms with Crippen molar-refractivity contribution in [1.82, 2.24) is 10.2 Å². The van der Waals surface area contributed by atoms with Gasteiger partial charge in [0.25, 0.3) is 5.91 Å². The topological polar surface area (TPSA) is 146 Å². The molecule has 0 radical (unpaired) electrons. The third kappa shape index (κ3) is 4.25. The van der Waals surface area contributed by atoms with Gasteiger partial charge in [-0.3, -0.25) is 15.0 Å². The standard InChI is InChI=1S/C17H18N4O5S2/c18-17(19)28-8-9-7-27-15-12(14(23)21(15)13(9)16(24)25)20-11(22)6-26-10-4-2-1-3-5-10/h1-5,7,12-13,15H,6,8H2,(H3,18,19)(H,20,22)(H,24,25)/t12?,13?,15-/m0/s1. The molecule has 2 amide bonds. The van der Waals surface area contributed by atoms with Crippen LogP contribution in [0.15, 0.2) is 41.3 Å². The normalized spacial score (nSPS) is 23.1. The fourth-order valence-electron chi connectivity index (χ4n) is 2.87. The molecule has 1 fully saturated rings. The van der Waals surface area contributed by atoms with Gasteiger partial charge in [-0.25, -0.2) is 4.79 Å². The lowest BCUT2D eigenvalue weighted by Crippen LogP contribution is -2.74. The molecule has 2 unspecified atom stereocenters. The monoisotopic (exact) mass is 422 g/mol. The van der Waals surface area contributed by atoms with Crippen molar-refractivity contribution < 1.29 is 24.2 Å². The van der Waals surface area contributed by atoms with Crippen molar-refractivity contribution in [2.75, 3.05) is 12.4 Å². The summed E-state index contributed by atoms with van der Waals surface area (Å²) in [6.45, 7) is -0.246. The second kappa shape index (κ2) is 8.57. The van der Waals surface area contributed by atoms with Crippen LogP contribution >= 0.6 is 23.5 Å². The summed E-state index contributed by atoms with van der Waals surface area (Å²) in [6.07, 6.45) is 0. The molecule has 2 heterocycles. The van der Waals surface area contributed by atoms with Crippen LogP contribution in [0.25, 0.3) is 0 Å². The lowest BCUT2D eigenvalue weighted by atomic mass is 9.99. The van der Waals surface area contributed by atoms with Crippen molar-refractivity contribution in [2.45, 2.75) is 17.5 Å². The molecule has 2 aliphatic rings. The number of carboxylic acid groups (broad SMARTS) is 1. The number of β-lactam (4-membered cyclic amide) rings is 1. The second-order valence-corrected chi connectivity index (χ2v) is 8.01. The maximum atomic E-state index is 12.5. The summed E-state index contributed by atoms with van der Waals surface area (Å²) < 4.78 is 5.35. The average molecular weight is 422 g/mol. The molecular weight excluding hydrogens is 404 g/mol.